The number of imidazole rings is 1. The Morgan fingerprint density at radius 3 is 2.94 bits per heavy atom. The molecule has 0 spiro atoms. The Morgan fingerprint density at radius 1 is 1.19 bits per heavy atom. The van der Waals surface area contributed by atoms with Gasteiger partial charge in [0, 0.05) is 50.4 Å². The molecule has 0 atom stereocenters. The summed E-state index contributed by atoms with van der Waals surface area (Å²) >= 11 is 1.63. The van der Waals surface area contributed by atoms with Gasteiger partial charge in [0.25, 0.3) is 0 Å². The molecule has 1 aliphatic rings. The lowest BCUT2D eigenvalue weighted by atomic mass is 10.3. The van der Waals surface area contributed by atoms with Gasteiger partial charge in [0.1, 0.15) is 6.33 Å². The van der Waals surface area contributed by atoms with E-state index >= 15 is 0 Å². The molecule has 2 N–H and O–H groups in total. The average Bonchev–Trinajstić information content (AvgIpc) is 3.57. The molecule has 1 amide bonds. The van der Waals surface area contributed by atoms with Crippen molar-refractivity contribution in [2.45, 2.75) is 25.8 Å². The van der Waals surface area contributed by atoms with E-state index in [9.17, 15) is 4.79 Å². The lowest BCUT2D eigenvalue weighted by Crippen LogP contribution is -2.27. The molecule has 5 heterocycles. The van der Waals surface area contributed by atoms with Crippen molar-refractivity contribution in [2.75, 3.05) is 30.3 Å². The number of pyridine rings is 1. The first-order chi connectivity index (χ1) is 15.8. The Kier molecular flexibility index (Phi) is 5.93. The van der Waals surface area contributed by atoms with E-state index < -0.39 is 0 Å². The number of rotatable bonds is 9. The summed E-state index contributed by atoms with van der Waals surface area (Å²) in [7, 11) is 0. The maximum Gasteiger partial charge on any atom is 0.227 e. The Balaban J connectivity index is 1.36. The molecular formula is C22H24N8OS. The summed E-state index contributed by atoms with van der Waals surface area (Å²) in [5.74, 6) is 1.46. The van der Waals surface area contributed by atoms with Gasteiger partial charge >= 0.3 is 0 Å². The van der Waals surface area contributed by atoms with Gasteiger partial charge in [-0.1, -0.05) is 6.07 Å². The number of carbonyl (C=O) groups excluding carboxylic acids is 1. The number of hydrogen-bond acceptors (Lipinski definition) is 8. The maximum atomic E-state index is 11.8. The molecular weight excluding hydrogens is 424 g/mol. The third kappa shape index (κ3) is 4.40. The highest BCUT2D eigenvalue weighted by Gasteiger charge is 2.19. The zero-order chi connectivity index (χ0) is 21.8. The van der Waals surface area contributed by atoms with Gasteiger partial charge in [-0.25, -0.2) is 4.98 Å². The van der Waals surface area contributed by atoms with Crippen LogP contribution in [0.3, 0.4) is 0 Å². The largest absolute Gasteiger partial charge is 0.368 e. The first-order valence-corrected chi connectivity index (χ1v) is 11.6. The van der Waals surface area contributed by atoms with E-state index in [0.717, 1.165) is 48.3 Å². The summed E-state index contributed by atoms with van der Waals surface area (Å²) in [5.41, 5.74) is 3.53. The first-order valence-electron chi connectivity index (χ1n) is 10.7. The summed E-state index contributed by atoms with van der Waals surface area (Å²) in [6, 6.07) is 5.95. The SMILES string of the molecule is O=C1CCCN1CCCNc1nc(NCc2cccnc2)nc2c1ncn2-c1ccsc1. The number of fused-ring (bicyclic) bond motifs is 1. The van der Waals surface area contributed by atoms with Crippen molar-refractivity contribution in [3.63, 3.8) is 0 Å². The predicted molar refractivity (Wildman–Crippen MR) is 125 cm³/mol. The van der Waals surface area contributed by atoms with Crippen molar-refractivity contribution in [1.82, 2.24) is 29.4 Å². The fourth-order valence-corrected chi connectivity index (χ4v) is 4.41. The Hall–Kier alpha value is -3.53. The van der Waals surface area contributed by atoms with Crippen LogP contribution < -0.4 is 10.6 Å². The molecule has 0 aliphatic carbocycles. The van der Waals surface area contributed by atoms with Crippen LogP contribution in [0.1, 0.15) is 24.8 Å². The molecule has 1 fully saturated rings. The molecule has 0 aromatic carbocycles. The highest BCUT2D eigenvalue weighted by Crippen LogP contribution is 2.25. The number of hydrogen-bond donors (Lipinski definition) is 2. The van der Waals surface area contributed by atoms with Gasteiger partial charge in [-0.3, -0.25) is 14.3 Å². The van der Waals surface area contributed by atoms with Gasteiger partial charge in [-0.15, -0.1) is 0 Å². The quantitative estimate of drug-likeness (QED) is 0.379. The maximum absolute atomic E-state index is 11.8. The highest BCUT2D eigenvalue weighted by molar-refractivity contribution is 7.08. The van der Waals surface area contributed by atoms with E-state index in [1.54, 1.807) is 23.9 Å². The Labute approximate surface area is 189 Å². The third-order valence-electron chi connectivity index (χ3n) is 5.42. The molecule has 10 heteroatoms. The number of carbonyl (C=O) groups is 1. The molecule has 5 rings (SSSR count). The number of anilines is 2. The molecule has 4 aromatic heterocycles. The summed E-state index contributed by atoms with van der Waals surface area (Å²) in [6.45, 7) is 2.89. The molecule has 0 saturated carbocycles. The van der Waals surface area contributed by atoms with Gasteiger partial charge in [0.05, 0.1) is 5.69 Å². The number of nitrogens with zero attached hydrogens (tertiary/aromatic N) is 6. The van der Waals surface area contributed by atoms with Crippen LogP contribution in [0.5, 0.6) is 0 Å². The topological polar surface area (TPSA) is 101 Å². The van der Waals surface area contributed by atoms with E-state index in [1.807, 2.05) is 39.2 Å². The van der Waals surface area contributed by atoms with Crippen LogP contribution in [0.4, 0.5) is 11.8 Å². The predicted octanol–water partition coefficient (Wildman–Crippen LogP) is 3.31. The van der Waals surface area contributed by atoms with E-state index in [4.69, 9.17) is 4.98 Å². The van der Waals surface area contributed by atoms with E-state index in [0.29, 0.717) is 31.3 Å². The first kappa shape index (κ1) is 20.4. The fraction of sp³-hybridized carbons (Fsp3) is 0.318. The van der Waals surface area contributed by atoms with Gasteiger partial charge < -0.3 is 15.5 Å². The van der Waals surface area contributed by atoms with Crippen LogP contribution >= 0.6 is 11.3 Å². The molecule has 0 unspecified atom stereocenters. The van der Waals surface area contributed by atoms with Crippen molar-refractivity contribution in [3.05, 3.63) is 53.2 Å². The molecule has 0 radical (unpaired) electrons. The molecule has 164 valence electrons. The molecule has 1 saturated heterocycles. The van der Waals surface area contributed by atoms with Gasteiger partial charge in [0.2, 0.25) is 11.9 Å². The second kappa shape index (κ2) is 9.31. The van der Waals surface area contributed by atoms with Gasteiger partial charge in [0.15, 0.2) is 17.0 Å². The van der Waals surface area contributed by atoms with Crippen LogP contribution in [0.2, 0.25) is 0 Å². The van der Waals surface area contributed by atoms with Crippen molar-refractivity contribution in [2.24, 2.45) is 0 Å². The van der Waals surface area contributed by atoms with E-state index in [-0.39, 0.29) is 5.91 Å². The standard InChI is InChI=1S/C22H24N8OS/c31-18-5-2-9-29(18)10-3-8-24-20-19-21(30(15-26-19)17-6-11-32-14-17)28-22(27-20)25-13-16-4-1-7-23-12-16/h1,4,6-7,11-12,14-15H,2-3,5,8-10,13H2,(H2,24,25,27,28). The minimum atomic E-state index is 0.255. The van der Waals surface area contributed by atoms with Crippen LogP contribution in [0, 0.1) is 0 Å². The van der Waals surface area contributed by atoms with Crippen molar-refractivity contribution in [1.29, 1.82) is 0 Å². The summed E-state index contributed by atoms with van der Waals surface area (Å²) in [5, 5.41) is 10.8. The fourth-order valence-electron chi connectivity index (χ4n) is 3.79. The van der Waals surface area contributed by atoms with Gasteiger partial charge in [-0.05, 0) is 35.9 Å². The second-order valence-electron chi connectivity index (χ2n) is 7.64. The monoisotopic (exact) mass is 448 g/mol. The van der Waals surface area contributed by atoms with Crippen LogP contribution in [0.25, 0.3) is 16.9 Å². The third-order valence-corrected chi connectivity index (χ3v) is 6.09. The van der Waals surface area contributed by atoms with E-state index in [1.165, 1.54) is 0 Å². The zero-order valence-electron chi connectivity index (χ0n) is 17.6. The summed E-state index contributed by atoms with van der Waals surface area (Å²) in [6.07, 6.45) is 7.83. The number of nitrogens with one attached hydrogen (secondary N) is 2. The van der Waals surface area contributed by atoms with Crippen molar-refractivity contribution < 1.29 is 4.79 Å². The summed E-state index contributed by atoms with van der Waals surface area (Å²) in [4.78, 5) is 31.9. The van der Waals surface area contributed by atoms with Crippen LogP contribution in [0.15, 0.2) is 47.7 Å². The number of likely N-dealkylation sites (tertiary alicyclic amines) is 1. The molecule has 4 aromatic rings. The average molecular weight is 449 g/mol. The zero-order valence-corrected chi connectivity index (χ0v) is 18.4. The smallest absolute Gasteiger partial charge is 0.227 e. The lowest BCUT2D eigenvalue weighted by molar-refractivity contribution is -0.127. The minimum absolute atomic E-state index is 0.255. The minimum Gasteiger partial charge on any atom is -0.368 e. The van der Waals surface area contributed by atoms with Crippen molar-refractivity contribution >= 4 is 40.2 Å². The van der Waals surface area contributed by atoms with E-state index in [2.05, 4.69) is 31.0 Å². The van der Waals surface area contributed by atoms with Crippen LogP contribution in [-0.4, -0.2) is 54.9 Å². The molecule has 0 bridgehead atoms. The summed E-state index contributed by atoms with van der Waals surface area (Å²) < 4.78 is 1.97. The number of thiophene rings is 1. The normalized spacial score (nSPS) is 13.8. The Bertz CT molecular complexity index is 1190. The Morgan fingerprint density at radius 2 is 2.16 bits per heavy atom. The van der Waals surface area contributed by atoms with Crippen molar-refractivity contribution in [3.8, 4) is 5.69 Å². The molecule has 9 nitrogen and oxygen atoms in total. The second-order valence-corrected chi connectivity index (χ2v) is 8.42. The van der Waals surface area contributed by atoms with Gasteiger partial charge in [-0.2, -0.15) is 21.3 Å². The number of amides is 1. The molecule has 1 aliphatic heterocycles. The highest BCUT2D eigenvalue weighted by atomic mass is 32.1. The van der Waals surface area contributed by atoms with Crippen LogP contribution in [-0.2, 0) is 11.3 Å². The molecule has 32 heavy (non-hydrogen) atoms. The lowest BCUT2D eigenvalue weighted by Gasteiger charge is -2.15. The number of aromatic nitrogens is 5.